The molecule has 0 saturated carbocycles. The highest BCUT2D eigenvalue weighted by Gasteiger charge is 2.33. The zero-order chi connectivity index (χ0) is 14.9. The molecule has 0 bridgehead atoms. The van der Waals surface area contributed by atoms with Crippen LogP contribution in [0, 0.1) is 0 Å². The maximum Gasteiger partial charge on any atom is 0.433 e. The fourth-order valence-electron chi connectivity index (χ4n) is 1.33. The van der Waals surface area contributed by atoms with Crippen LogP contribution in [0.3, 0.4) is 0 Å². The number of amides is 1. The van der Waals surface area contributed by atoms with Gasteiger partial charge >= 0.3 is 6.18 Å². The average molecular weight is 367 g/mol. The van der Waals surface area contributed by atoms with Crippen molar-refractivity contribution in [3.05, 3.63) is 34.3 Å². The van der Waals surface area contributed by atoms with E-state index in [1.807, 2.05) is 0 Å². The normalized spacial score (nSPS) is 11.4. The highest BCUT2D eigenvalue weighted by Crippen LogP contribution is 2.28. The van der Waals surface area contributed by atoms with Gasteiger partial charge in [0.2, 0.25) is 9.87 Å². The van der Waals surface area contributed by atoms with Gasteiger partial charge in [0, 0.05) is 30.3 Å². The summed E-state index contributed by atoms with van der Waals surface area (Å²) in [5, 5.41) is 0.271. The van der Waals surface area contributed by atoms with E-state index in [4.69, 9.17) is 0 Å². The largest absolute Gasteiger partial charge is 0.433 e. The van der Waals surface area contributed by atoms with E-state index >= 15 is 0 Å². The van der Waals surface area contributed by atoms with Crippen LogP contribution >= 0.6 is 27.5 Å². The zero-order valence-corrected chi connectivity index (χ0v) is 12.3. The Labute approximate surface area is 123 Å². The molecular formula is C10H6BrF3N4OS. The molecule has 0 aliphatic rings. The lowest BCUT2D eigenvalue weighted by molar-refractivity contribution is -0.141. The number of carbonyl (C=O) groups is 1. The van der Waals surface area contributed by atoms with Gasteiger partial charge in [0.25, 0.3) is 5.91 Å². The number of nitrogens with zero attached hydrogens (tertiary/aromatic N) is 4. The molecule has 2 aromatic rings. The molecule has 0 N–H and O–H groups in total. The van der Waals surface area contributed by atoms with E-state index in [0.29, 0.717) is 10.8 Å². The molecule has 106 valence electrons. The van der Waals surface area contributed by atoms with Gasteiger partial charge in [0.05, 0.1) is 0 Å². The average Bonchev–Trinajstić information content (AvgIpc) is 2.83. The van der Waals surface area contributed by atoms with Crippen molar-refractivity contribution in [1.29, 1.82) is 0 Å². The third-order valence-electron chi connectivity index (χ3n) is 2.28. The molecule has 1 amide bonds. The number of hydrogen-bond donors (Lipinski definition) is 0. The Bertz CT molecular complexity index is 645. The third kappa shape index (κ3) is 3.12. The lowest BCUT2D eigenvalue weighted by atomic mass is 10.2. The van der Waals surface area contributed by atoms with Crippen LogP contribution in [0.15, 0.2) is 23.1 Å². The second-order valence-electron chi connectivity index (χ2n) is 3.64. The lowest BCUT2D eigenvalue weighted by Crippen LogP contribution is -2.26. The minimum absolute atomic E-state index is 0.124. The van der Waals surface area contributed by atoms with Crippen molar-refractivity contribution in [3.63, 3.8) is 0 Å². The highest BCUT2D eigenvalue weighted by atomic mass is 79.9. The number of carbonyl (C=O) groups excluding carboxylic acids is 1. The van der Waals surface area contributed by atoms with Crippen molar-refractivity contribution in [2.75, 3.05) is 11.9 Å². The van der Waals surface area contributed by atoms with Crippen LogP contribution in [0.1, 0.15) is 16.1 Å². The summed E-state index contributed by atoms with van der Waals surface area (Å²) in [6, 6.07) is 1.92. The monoisotopic (exact) mass is 366 g/mol. The number of rotatable bonds is 2. The molecule has 10 heteroatoms. The van der Waals surface area contributed by atoms with E-state index in [9.17, 15) is 18.0 Å². The van der Waals surface area contributed by atoms with Gasteiger partial charge in [0.1, 0.15) is 5.69 Å². The molecular weight excluding hydrogens is 361 g/mol. The van der Waals surface area contributed by atoms with Crippen LogP contribution in [0.2, 0.25) is 0 Å². The molecule has 0 aliphatic heterocycles. The van der Waals surface area contributed by atoms with Gasteiger partial charge in [-0.3, -0.25) is 14.7 Å². The van der Waals surface area contributed by atoms with Crippen LogP contribution < -0.4 is 4.90 Å². The van der Waals surface area contributed by atoms with Crippen molar-refractivity contribution < 1.29 is 18.0 Å². The molecule has 0 atom stereocenters. The molecule has 2 heterocycles. The first kappa shape index (κ1) is 14.9. The quantitative estimate of drug-likeness (QED) is 0.819. The van der Waals surface area contributed by atoms with Crippen LogP contribution in [-0.2, 0) is 6.18 Å². The predicted octanol–water partition coefficient (Wildman–Crippen LogP) is 2.99. The third-order valence-corrected chi connectivity index (χ3v) is 3.66. The van der Waals surface area contributed by atoms with Gasteiger partial charge in [-0.15, -0.1) is 0 Å². The topological polar surface area (TPSA) is 59.0 Å². The summed E-state index contributed by atoms with van der Waals surface area (Å²) < 4.78 is 41.8. The van der Waals surface area contributed by atoms with Crippen LogP contribution in [0.5, 0.6) is 0 Å². The van der Waals surface area contributed by atoms with Crippen molar-refractivity contribution in [2.45, 2.75) is 6.18 Å². The van der Waals surface area contributed by atoms with E-state index in [2.05, 4.69) is 30.3 Å². The highest BCUT2D eigenvalue weighted by molar-refractivity contribution is 9.10. The first-order chi connectivity index (χ1) is 9.29. The molecule has 2 rings (SSSR count). The van der Waals surface area contributed by atoms with Gasteiger partial charge in [-0.2, -0.15) is 22.5 Å². The minimum atomic E-state index is -4.60. The molecule has 0 fully saturated rings. The molecule has 2 aromatic heterocycles. The Morgan fingerprint density at radius 1 is 1.45 bits per heavy atom. The second-order valence-corrected chi connectivity index (χ2v) is 5.08. The Hall–Kier alpha value is -1.55. The van der Waals surface area contributed by atoms with Gasteiger partial charge < -0.3 is 0 Å². The van der Waals surface area contributed by atoms with Gasteiger partial charge in [-0.05, 0) is 28.1 Å². The molecule has 0 aliphatic carbocycles. The molecule has 0 aromatic carbocycles. The van der Waals surface area contributed by atoms with Crippen molar-refractivity contribution >= 4 is 38.5 Å². The Morgan fingerprint density at radius 2 is 2.15 bits per heavy atom. The number of hydrogen-bond acceptors (Lipinski definition) is 5. The minimum Gasteiger partial charge on any atom is -0.286 e. The van der Waals surface area contributed by atoms with Gasteiger partial charge in [-0.25, -0.2) is 0 Å². The van der Waals surface area contributed by atoms with Crippen molar-refractivity contribution in [1.82, 2.24) is 14.3 Å². The molecule has 5 nitrogen and oxygen atoms in total. The summed E-state index contributed by atoms with van der Waals surface area (Å²) >= 11 is 3.98. The summed E-state index contributed by atoms with van der Waals surface area (Å²) in [6.07, 6.45) is -3.65. The number of aromatic nitrogens is 3. The Balaban J connectivity index is 2.29. The smallest absolute Gasteiger partial charge is 0.286 e. The number of anilines is 1. The van der Waals surface area contributed by atoms with Crippen molar-refractivity contribution in [3.8, 4) is 0 Å². The number of alkyl halides is 3. The maximum atomic E-state index is 12.5. The SMILES string of the molecule is CN(C(=O)c1ccnc(C(F)(F)F)c1)c1nc(Br)ns1. The van der Waals surface area contributed by atoms with E-state index in [-0.39, 0.29) is 10.7 Å². The second kappa shape index (κ2) is 5.44. The van der Waals surface area contributed by atoms with E-state index in [1.165, 1.54) is 13.1 Å². The first-order valence-electron chi connectivity index (χ1n) is 5.09. The predicted molar refractivity (Wildman–Crippen MR) is 69.6 cm³/mol. The molecule has 0 spiro atoms. The van der Waals surface area contributed by atoms with Gasteiger partial charge in [-0.1, -0.05) is 0 Å². The number of pyridine rings is 1. The molecule has 20 heavy (non-hydrogen) atoms. The van der Waals surface area contributed by atoms with Crippen molar-refractivity contribution in [2.24, 2.45) is 0 Å². The van der Waals surface area contributed by atoms with Crippen LogP contribution in [0.25, 0.3) is 0 Å². The number of halogens is 4. The van der Waals surface area contributed by atoms with Crippen LogP contribution in [-0.4, -0.2) is 27.3 Å². The fourth-order valence-corrected chi connectivity index (χ4v) is 2.37. The lowest BCUT2D eigenvalue weighted by Gasteiger charge is -2.14. The van der Waals surface area contributed by atoms with Crippen LogP contribution in [0.4, 0.5) is 18.3 Å². The first-order valence-corrected chi connectivity index (χ1v) is 6.66. The summed E-state index contributed by atoms with van der Waals surface area (Å²) in [6.45, 7) is 0. The molecule has 0 radical (unpaired) electrons. The summed E-state index contributed by atoms with van der Waals surface area (Å²) in [7, 11) is 1.41. The Kier molecular flexibility index (Phi) is 4.04. The molecule has 0 saturated heterocycles. The van der Waals surface area contributed by atoms with E-state index in [0.717, 1.165) is 22.6 Å². The maximum absolute atomic E-state index is 12.5. The molecule has 0 unspecified atom stereocenters. The zero-order valence-electron chi connectivity index (χ0n) is 9.85. The summed E-state index contributed by atoms with van der Waals surface area (Å²) in [4.78, 5) is 20.3. The van der Waals surface area contributed by atoms with E-state index < -0.39 is 17.8 Å². The van der Waals surface area contributed by atoms with Gasteiger partial charge in [0.15, 0.2) is 0 Å². The Morgan fingerprint density at radius 3 is 2.70 bits per heavy atom. The summed E-state index contributed by atoms with van der Waals surface area (Å²) in [5.41, 5.74) is -1.24. The van der Waals surface area contributed by atoms with E-state index in [1.54, 1.807) is 0 Å². The summed E-state index contributed by atoms with van der Waals surface area (Å²) in [5.74, 6) is -0.624. The fraction of sp³-hybridized carbons (Fsp3) is 0.200. The standard InChI is InChI=1S/C10H6BrF3N4OS/c1-18(9-16-8(11)17-20-9)7(19)5-2-3-15-6(4-5)10(12,13)14/h2-4H,1H3.